The number of benzene rings is 2. The van der Waals surface area contributed by atoms with Gasteiger partial charge in [0.15, 0.2) is 5.82 Å². The first kappa shape index (κ1) is 15.7. The molecule has 3 N–H and O–H groups in total. The maximum atomic E-state index is 13.6. The van der Waals surface area contributed by atoms with Crippen molar-refractivity contribution in [2.75, 3.05) is 4.72 Å². The van der Waals surface area contributed by atoms with Crippen LogP contribution in [0, 0.1) is 11.6 Å². The Morgan fingerprint density at radius 1 is 1.19 bits per heavy atom. The molecule has 2 rings (SSSR count). The Morgan fingerprint density at radius 3 is 2.52 bits per heavy atom. The van der Waals surface area contributed by atoms with Crippen molar-refractivity contribution in [2.45, 2.75) is 11.4 Å². The second-order valence-electron chi connectivity index (χ2n) is 4.20. The Balaban J connectivity index is 2.42. The standard InChI is InChI=1S/C13H11ClF2N2O2S/c14-11-5-9(15)6-12(16)13(11)18-21(19,20)10-3-1-2-8(4-10)7-17/h1-6,18H,7,17H2. The van der Waals surface area contributed by atoms with Crippen LogP contribution in [0.15, 0.2) is 41.3 Å². The first-order valence-corrected chi connectivity index (χ1v) is 7.66. The Labute approximate surface area is 125 Å². The quantitative estimate of drug-likeness (QED) is 0.904. The van der Waals surface area contributed by atoms with Crippen molar-refractivity contribution in [3.8, 4) is 0 Å². The van der Waals surface area contributed by atoms with E-state index in [4.69, 9.17) is 17.3 Å². The van der Waals surface area contributed by atoms with Crippen molar-refractivity contribution in [1.82, 2.24) is 0 Å². The lowest BCUT2D eigenvalue weighted by atomic mass is 10.2. The smallest absolute Gasteiger partial charge is 0.262 e. The third-order valence-corrected chi connectivity index (χ3v) is 4.33. The van der Waals surface area contributed by atoms with Crippen LogP contribution in [0.3, 0.4) is 0 Å². The van der Waals surface area contributed by atoms with E-state index < -0.39 is 27.3 Å². The van der Waals surface area contributed by atoms with E-state index >= 15 is 0 Å². The Bertz CT molecular complexity index is 758. The van der Waals surface area contributed by atoms with Gasteiger partial charge in [0.25, 0.3) is 10.0 Å². The number of nitrogens with two attached hydrogens (primary N) is 1. The van der Waals surface area contributed by atoms with E-state index in [0.29, 0.717) is 11.6 Å². The molecule has 0 saturated carbocycles. The number of sulfonamides is 1. The topological polar surface area (TPSA) is 72.2 Å². The molecule has 0 amide bonds. The molecule has 0 atom stereocenters. The van der Waals surface area contributed by atoms with Gasteiger partial charge in [-0.25, -0.2) is 17.2 Å². The number of rotatable bonds is 4. The number of anilines is 1. The third-order valence-electron chi connectivity index (χ3n) is 2.69. The molecule has 0 aliphatic carbocycles. The van der Waals surface area contributed by atoms with E-state index in [1.54, 1.807) is 6.07 Å². The van der Waals surface area contributed by atoms with Gasteiger partial charge in [-0.1, -0.05) is 23.7 Å². The SMILES string of the molecule is NCc1cccc(S(=O)(=O)Nc2c(F)cc(F)cc2Cl)c1. The minimum absolute atomic E-state index is 0.0924. The summed E-state index contributed by atoms with van der Waals surface area (Å²) in [6.45, 7) is 0.162. The third kappa shape index (κ3) is 3.49. The largest absolute Gasteiger partial charge is 0.326 e. The Kier molecular flexibility index (Phi) is 4.46. The Hall–Kier alpha value is -1.70. The van der Waals surface area contributed by atoms with Crippen LogP contribution in [-0.4, -0.2) is 8.42 Å². The number of nitrogens with one attached hydrogen (secondary N) is 1. The molecule has 0 spiro atoms. The van der Waals surface area contributed by atoms with Crippen molar-refractivity contribution in [3.05, 3.63) is 58.6 Å². The molecule has 0 aromatic heterocycles. The highest BCUT2D eigenvalue weighted by Gasteiger charge is 2.19. The van der Waals surface area contributed by atoms with Crippen LogP contribution in [0.25, 0.3) is 0 Å². The fraction of sp³-hybridized carbons (Fsp3) is 0.0769. The van der Waals surface area contributed by atoms with Crippen molar-refractivity contribution in [2.24, 2.45) is 5.73 Å². The molecule has 2 aromatic rings. The molecule has 0 fully saturated rings. The lowest BCUT2D eigenvalue weighted by Crippen LogP contribution is -2.15. The normalized spacial score (nSPS) is 11.4. The fourth-order valence-electron chi connectivity index (χ4n) is 1.67. The molecular formula is C13H11ClF2N2O2S. The van der Waals surface area contributed by atoms with Gasteiger partial charge in [0.1, 0.15) is 11.5 Å². The van der Waals surface area contributed by atoms with Crippen molar-refractivity contribution in [1.29, 1.82) is 0 Å². The molecule has 4 nitrogen and oxygen atoms in total. The number of hydrogen-bond donors (Lipinski definition) is 2. The second kappa shape index (κ2) is 5.97. The van der Waals surface area contributed by atoms with E-state index in [-0.39, 0.29) is 16.5 Å². The summed E-state index contributed by atoms with van der Waals surface area (Å²) in [5.74, 6) is -2.00. The van der Waals surface area contributed by atoms with Gasteiger partial charge in [-0.05, 0) is 23.8 Å². The van der Waals surface area contributed by atoms with E-state index in [1.165, 1.54) is 18.2 Å². The van der Waals surface area contributed by atoms with Gasteiger partial charge in [-0.3, -0.25) is 4.72 Å². The molecule has 0 aliphatic heterocycles. The molecule has 0 aliphatic rings. The van der Waals surface area contributed by atoms with E-state index in [1.807, 2.05) is 4.72 Å². The summed E-state index contributed by atoms with van der Waals surface area (Å²) in [6.07, 6.45) is 0. The van der Waals surface area contributed by atoms with Crippen molar-refractivity contribution in [3.63, 3.8) is 0 Å². The first-order chi connectivity index (χ1) is 9.83. The minimum atomic E-state index is -4.06. The first-order valence-electron chi connectivity index (χ1n) is 5.80. The average molecular weight is 333 g/mol. The molecule has 0 radical (unpaired) electrons. The zero-order valence-electron chi connectivity index (χ0n) is 10.6. The number of hydrogen-bond acceptors (Lipinski definition) is 3. The van der Waals surface area contributed by atoms with Gasteiger partial charge in [0.2, 0.25) is 0 Å². The lowest BCUT2D eigenvalue weighted by Gasteiger charge is -2.11. The predicted octanol–water partition coefficient (Wildman–Crippen LogP) is 2.88. The second-order valence-corrected chi connectivity index (χ2v) is 6.29. The lowest BCUT2D eigenvalue weighted by molar-refractivity contribution is 0.583. The zero-order chi connectivity index (χ0) is 15.6. The molecular weight excluding hydrogens is 322 g/mol. The van der Waals surface area contributed by atoms with Crippen molar-refractivity contribution >= 4 is 27.3 Å². The van der Waals surface area contributed by atoms with E-state index in [2.05, 4.69) is 0 Å². The summed E-state index contributed by atoms with van der Waals surface area (Å²) in [5, 5.41) is -0.369. The maximum Gasteiger partial charge on any atom is 0.262 e. The van der Waals surface area contributed by atoms with Crippen LogP contribution in [0.5, 0.6) is 0 Å². The Morgan fingerprint density at radius 2 is 1.90 bits per heavy atom. The summed E-state index contributed by atoms with van der Waals surface area (Å²) in [7, 11) is -4.06. The molecule has 0 saturated heterocycles. The summed E-state index contributed by atoms with van der Waals surface area (Å²) in [5.41, 5.74) is 5.54. The summed E-state index contributed by atoms with van der Waals surface area (Å²) in [6, 6.07) is 7.22. The maximum absolute atomic E-state index is 13.6. The molecule has 21 heavy (non-hydrogen) atoms. The highest BCUT2D eigenvalue weighted by atomic mass is 35.5. The summed E-state index contributed by atoms with van der Waals surface area (Å²) < 4.78 is 53.0. The fourth-order valence-corrected chi connectivity index (χ4v) is 3.13. The van der Waals surface area contributed by atoms with Gasteiger partial charge >= 0.3 is 0 Å². The zero-order valence-corrected chi connectivity index (χ0v) is 12.2. The summed E-state index contributed by atoms with van der Waals surface area (Å²) >= 11 is 5.66. The molecule has 8 heteroatoms. The highest BCUT2D eigenvalue weighted by Crippen LogP contribution is 2.28. The van der Waals surface area contributed by atoms with Crippen LogP contribution >= 0.6 is 11.6 Å². The number of halogens is 3. The highest BCUT2D eigenvalue weighted by molar-refractivity contribution is 7.92. The van der Waals surface area contributed by atoms with Crippen LogP contribution < -0.4 is 10.5 Å². The molecule has 0 unspecified atom stereocenters. The average Bonchev–Trinajstić information content (AvgIpc) is 2.43. The van der Waals surface area contributed by atoms with Crippen LogP contribution in [0.4, 0.5) is 14.5 Å². The van der Waals surface area contributed by atoms with Crippen LogP contribution in [0.2, 0.25) is 5.02 Å². The monoisotopic (exact) mass is 332 g/mol. The van der Waals surface area contributed by atoms with Gasteiger partial charge in [-0.2, -0.15) is 0 Å². The van der Waals surface area contributed by atoms with Crippen LogP contribution in [0.1, 0.15) is 5.56 Å². The van der Waals surface area contributed by atoms with E-state index in [0.717, 1.165) is 6.07 Å². The minimum Gasteiger partial charge on any atom is -0.326 e. The van der Waals surface area contributed by atoms with Gasteiger partial charge in [-0.15, -0.1) is 0 Å². The van der Waals surface area contributed by atoms with Gasteiger partial charge < -0.3 is 5.73 Å². The molecule has 0 heterocycles. The predicted molar refractivity (Wildman–Crippen MR) is 76.5 cm³/mol. The van der Waals surface area contributed by atoms with E-state index in [9.17, 15) is 17.2 Å². The van der Waals surface area contributed by atoms with Crippen molar-refractivity contribution < 1.29 is 17.2 Å². The summed E-state index contributed by atoms with van der Waals surface area (Å²) in [4.78, 5) is -0.0924. The van der Waals surface area contributed by atoms with Gasteiger partial charge in [0, 0.05) is 12.6 Å². The van der Waals surface area contributed by atoms with Crippen LogP contribution in [-0.2, 0) is 16.6 Å². The van der Waals surface area contributed by atoms with Gasteiger partial charge in [0.05, 0.1) is 9.92 Å². The molecule has 2 aromatic carbocycles. The molecule has 112 valence electrons. The molecule has 0 bridgehead atoms.